The minimum absolute atomic E-state index is 0.0776. The molecule has 0 unspecified atom stereocenters. The first-order chi connectivity index (χ1) is 20.2. The second-order valence-corrected chi connectivity index (χ2v) is 13.6. The largest absolute Gasteiger partial charge is 0.459 e. The van der Waals surface area contributed by atoms with Crippen molar-refractivity contribution in [1.82, 2.24) is 10.2 Å². The summed E-state index contributed by atoms with van der Waals surface area (Å²) < 4.78 is 17.9. The van der Waals surface area contributed by atoms with Crippen molar-refractivity contribution in [2.24, 2.45) is 23.7 Å². The molecule has 7 N–H and O–H groups in total. The van der Waals surface area contributed by atoms with Crippen LogP contribution in [-0.2, 0) is 19.0 Å². The molecule has 2 aliphatic rings. The van der Waals surface area contributed by atoms with Gasteiger partial charge in [0.25, 0.3) is 0 Å². The number of likely N-dealkylation sites (N-methyl/N-ethyl adjacent to an activating group) is 1. The molecule has 0 aromatic rings. The van der Waals surface area contributed by atoms with Crippen LogP contribution in [0.3, 0.4) is 0 Å². The maximum atomic E-state index is 13.3. The third kappa shape index (κ3) is 8.41. The monoisotopic (exact) mass is 634 g/mol. The predicted octanol–water partition coefficient (Wildman–Crippen LogP) is 0.752. The van der Waals surface area contributed by atoms with Crippen LogP contribution in [0.15, 0.2) is 0 Å². The minimum Gasteiger partial charge on any atom is -0.459 e. The number of aliphatic hydroxyl groups is 6. The van der Waals surface area contributed by atoms with Gasteiger partial charge in [-0.05, 0) is 59.8 Å². The van der Waals surface area contributed by atoms with Gasteiger partial charge in [0.05, 0.1) is 48.1 Å². The van der Waals surface area contributed by atoms with Crippen molar-refractivity contribution in [3.63, 3.8) is 0 Å². The summed E-state index contributed by atoms with van der Waals surface area (Å²) in [6, 6.07) is -1.07. The van der Waals surface area contributed by atoms with E-state index in [2.05, 4.69) is 5.32 Å². The van der Waals surface area contributed by atoms with Crippen LogP contribution in [0.2, 0.25) is 0 Å². The van der Waals surface area contributed by atoms with Crippen LogP contribution in [0, 0.1) is 23.7 Å². The third-order valence-electron chi connectivity index (χ3n) is 9.79. The average molecular weight is 635 g/mol. The lowest BCUT2D eigenvalue weighted by Crippen LogP contribution is -2.61. The first-order valence-electron chi connectivity index (χ1n) is 15.9. The van der Waals surface area contributed by atoms with Gasteiger partial charge in [-0.2, -0.15) is 0 Å². The number of carbonyl (C=O) groups excluding carboxylic acids is 2. The lowest BCUT2D eigenvalue weighted by molar-refractivity contribution is -0.299. The van der Waals surface area contributed by atoms with Crippen LogP contribution in [0.25, 0.3) is 0 Å². The van der Waals surface area contributed by atoms with Crippen molar-refractivity contribution in [3.8, 4) is 0 Å². The SMILES string of the molecule is CCNC(=O)N(C)[C@H]1C[C@@H](C)O[C@@H](O[C@@H]2[C@@H](C)[C@H](O)[C@@H](C)C(=O)O[C@H](CC)[C@@](C)(O)[C@H](O)[C@@H](C)[C@@H](O)[C@H](C)C[C@@]2(C)O)[C@@H]1O. The lowest BCUT2D eigenvalue weighted by Gasteiger charge is -2.47. The molecule has 0 radical (unpaired) electrons. The highest BCUT2D eigenvalue weighted by molar-refractivity contribution is 5.74. The summed E-state index contributed by atoms with van der Waals surface area (Å²) in [5, 5.41) is 71.1. The Morgan fingerprint density at radius 1 is 1.00 bits per heavy atom. The molecule has 0 spiro atoms. The van der Waals surface area contributed by atoms with Crippen LogP contribution < -0.4 is 5.32 Å². The molecule has 0 bridgehead atoms. The molecule has 0 aromatic heterocycles. The Hall–Kier alpha value is -1.58. The quantitative estimate of drug-likeness (QED) is 0.211. The normalized spacial score (nSPS) is 46.5. The van der Waals surface area contributed by atoms with Gasteiger partial charge >= 0.3 is 12.0 Å². The molecule has 2 saturated heterocycles. The number of cyclic esters (lactones) is 1. The van der Waals surface area contributed by atoms with Gasteiger partial charge in [-0.1, -0.05) is 27.7 Å². The Labute approximate surface area is 261 Å². The van der Waals surface area contributed by atoms with Gasteiger partial charge in [0.1, 0.15) is 17.8 Å². The van der Waals surface area contributed by atoms with E-state index in [1.807, 2.05) is 0 Å². The van der Waals surface area contributed by atoms with Gasteiger partial charge < -0.3 is 55.1 Å². The summed E-state index contributed by atoms with van der Waals surface area (Å²) in [6.07, 6.45) is -9.16. The summed E-state index contributed by atoms with van der Waals surface area (Å²) in [5.74, 6) is -4.43. The Bertz CT molecular complexity index is 950. The second kappa shape index (κ2) is 15.3. The van der Waals surface area contributed by atoms with E-state index < -0.39 is 95.9 Å². The molecule has 0 saturated carbocycles. The molecule has 44 heavy (non-hydrogen) atoms. The van der Waals surface area contributed by atoms with Crippen LogP contribution in [0.1, 0.15) is 81.6 Å². The van der Waals surface area contributed by atoms with Crippen molar-refractivity contribution in [1.29, 1.82) is 0 Å². The average Bonchev–Trinajstić information content (AvgIpc) is 2.96. The van der Waals surface area contributed by atoms with E-state index in [-0.39, 0.29) is 18.9 Å². The van der Waals surface area contributed by atoms with E-state index in [0.717, 1.165) is 0 Å². The van der Waals surface area contributed by atoms with Crippen molar-refractivity contribution in [2.45, 2.75) is 148 Å². The van der Waals surface area contributed by atoms with E-state index in [1.165, 1.54) is 25.7 Å². The van der Waals surface area contributed by atoms with Crippen molar-refractivity contribution in [3.05, 3.63) is 0 Å². The highest BCUT2D eigenvalue weighted by Gasteiger charge is 2.51. The Kier molecular flexibility index (Phi) is 13.5. The Morgan fingerprint density at radius 3 is 2.14 bits per heavy atom. The molecular formula is C31H58N2O11. The van der Waals surface area contributed by atoms with Crippen LogP contribution in [0.4, 0.5) is 4.79 Å². The topological polar surface area (TPSA) is 198 Å². The van der Waals surface area contributed by atoms with E-state index >= 15 is 0 Å². The summed E-state index contributed by atoms with van der Waals surface area (Å²) in [7, 11) is 1.56. The number of ether oxygens (including phenoxy) is 3. The number of aliphatic hydroxyl groups excluding tert-OH is 4. The number of hydrogen-bond acceptors (Lipinski definition) is 11. The summed E-state index contributed by atoms with van der Waals surface area (Å²) in [5.41, 5.74) is -3.68. The number of hydrogen-bond donors (Lipinski definition) is 7. The maximum Gasteiger partial charge on any atom is 0.317 e. The maximum absolute atomic E-state index is 13.3. The zero-order chi connectivity index (χ0) is 33.9. The van der Waals surface area contributed by atoms with E-state index in [0.29, 0.717) is 13.0 Å². The summed E-state index contributed by atoms with van der Waals surface area (Å²) >= 11 is 0. The fraction of sp³-hybridized carbons (Fsp3) is 0.935. The number of urea groups is 1. The van der Waals surface area contributed by atoms with E-state index in [1.54, 1.807) is 48.6 Å². The molecule has 13 nitrogen and oxygen atoms in total. The van der Waals surface area contributed by atoms with Gasteiger partial charge in [-0.3, -0.25) is 4.79 Å². The first kappa shape index (κ1) is 38.6. The van der Waals surface area contributed by atoms with Crippen molar-refractivity contribution < 1.29 is 54.4 Å². The predicted molar refractivity (Wildman–Crippen MR) is 161 cm³/mol. The zero-order valence-corrected chi connectivity index (χ0v) is 28.0. The number of nitrogens with zero attached hydrogens (tertiary/aromatic N) is 1. The minimum atomic E-state index is -1.91. The highest BCUT2D eigenvalue weighted by atomic mass is 16.7. The molecule has 2 aliphatic heterocycles. The fourth-order valence-electron chi connectivity index (χ4n) is 6.89. The molecule has 2 amide bonds. The lowest BCUT2D eigenvalue weighted by atomic mass is 9.73. The Morgan fingerprint density at radius 2 is 1.59 bits per heavy atom. The van der Waals surface area contributed by atoms with Gasteiger partial charge in [-0.25, -0.2) is 4.79 Å². The first-order valence-corrected chi connectivity index (χ1v) is 15.9. The number of rotatable bonds is 5. The molecule has 2 rings (SSSR count). The molecule has 2 fully saturated rings. The highest BCUT2D eigenvalue weighted by Crippen LogP contribution is 2.38. The van der Waals surface area contributed by atoms with E-state index in [9.17, 15) is 40.2 Å². The summed E-state index contributed by atoms with van der Waals surface area (Å²) in [4.78, 5) is 27.2. The zero-order valence-electron chi connectivity index (χ0n) is 28.0. The molecule has 15 atom stereocenters. The number of carbonyl (C=O) groups is 2. The van der Waals surface area contributed by atoms with Gasteiger partial charge in [0.2, 0.25) is 0 Å². The second-order valence-electron chi connectivity index (χ2n) is 13.6. The summed E-state index contributed by atoms with van der Waals surface area (Å²) in [6.45, 7) is 14.8. The molecule has 13 heteroatoms. The van der Waals surface area contributed by atoms with Crippen LogP contribution in [0.5, 0.6) is 0 Å². The van der Waals surface area contributed by atoms with Crippen molar-refractivity contribution in [2.75, 3.05) is 13.6 Å². The van der Waals surface area contributed by atoms with Gasteiger partial charge in [0, 0.05) is 25.4 Å². The third-order valence-corrected chi connectivity index (χ3v) is 9.79. The molecular weight excluding hydrogens is 576 g/mol. The molecule has 0 aromatic carbocycles. The fourth-order valence-corrected chi connectivity index (χ4v) is 6.89. The van der Waals surface area contributed by atoms with Crippen LogP contribution >= 0.6 is 0 Å². The number of esters is 1. The Balaban J connectivity index is 2.53. The smallest absolute Gasteiger partial charge is 0.317 e. The molecule has 0 aliphatic carbocycles. The van der Waals surface area contributed by atoms with Crippen LogP contribution in [-0.4, -0.2) is 127 Å². The van der Waals surface area contributed by atoms with Gasteiger partial charge in [0.15, 0.2) is 6.29 Å². The van der Waals surface area contributed by atoms with E-state index in [4.69, 9.17) is 14.2 Å². The number of nitrogens with one attached hydrogen (secondary N) is 1. The molecule has 2 heterocycles. The van der Waals surface area contributed by atoms with Crippen molar-refractivity contribution >= 4 is 12.0 Å². The standard InChI is InChI=1S/C31H58N2O11/c1-11-21-31(9,41)25(37)17(5)22(34)15(3)14-30(8,40)26(18(6)23(35)19(7)27(38)43-21)44-28-24(36)20(13-16(4)42-28)33(10)29(39)32-12-2/h15-26,28,34-37,40-41H,11-14H2,1-10H3,(H,32,39)/t15-,16-,17+,18+,19-,20+,21-,22+,23+,24-,25-,26-,28+,30-,31-/m1/s1. The van der Waals surface area contributed by atoms with Gasteiger partial charge in [-0.15, -0.1) is 0 Å². The molecule has 258 valence electrons. The number of amides is 2.